The lowest BCUT2D eigenvalue weighted by molar-refractivity contribution is -0.0381. The summed E-state index contributed by atoms with van der Waals surface area (Å²) in [6, 6.07) is 7.60. The monoisotopic (exact) mass is 428 g/mol. The molecule has 0 spiro atoms. The van der Waals surface area contributed by atoms with Gasteiger partial charge in [0.1, 0.15) is 42.0 Å². The number of phenolic OH excluding ortho intramolecular Hbond substituents is 1. The van der Waals surface area contributed by atoms with Crippen LogP contribution in [0.1, 0.15) is 18.5 Å². The third-order valence-electron chi connectivity index (χ3n) is 5.15. The Kier molecular flexibility index (Phi) is 5.11. The molecule has 0 saturated heterocycles. The van der Waals surface area contributed by atoms with E-state index in [0.717, 1.165) is 16.8 Å². The van der Waals surface area contributed by atoms with Crippen molar-refractivity contribution in [1.29, 1.82) is 0 Å². The molecule has 31 heavy (non-hydrogen) atoms. The first-order valence-corrected chi connectivity index (χ1v) is 9.25. The zero-order valence-corrected chi connectivity index (χ0v) is 16.3. The van der Waals surface area contributed by atoms with Gasteiger partial charge in [-0.1, -0.05) is 6.07 Å². The summed E-state index contributed by atoms with van der Waals surface area (Å²) in [5, 5.41) is 29.1. The molecule has 2 aromatic carbocycles. The molecule has 0 radical (unpaired) electrons. The summed E-state index contributed by atoms with van der Waals surface area (Å²) in [4.78, 5) is 16.8. The van der Waals surface area contributed by atoms with Crippen molar-refractivity contribution in [3.63, 3.8) is 0 Å². The van der Waals surface area contributed by atoms with E-state index in [1.807, 2.05) is 0 Å². The van der Waals surface area contributed by atoms with Crippen molar-refractivity contribution in [3.05, 3.63) is 89.1 Å². The lowest BCUT2D eigenvalue weighted by Crippen LogP contribution is -2.44. The summed E-state index contributed by atoms with van der Waals surface area (Å²) < 4.78 is 31.7. The third kappa shape index (κ3) is 3.70. The Hall–Kier alpha value is -3.86. The van der Waals surface area contributed by atoms with Gasteiger partial charge in [0.05, 0.1) is 18.3 Å². The molecule has 0 fully saturated rings. The lowest BCUT2D eigenvalue weighted by atomic mass is 9.86. The lowest BCUT2D eigenvalue weighted by Gasteiger charge is -2.34. The van der Waals surface area contributed by atoms with E-state index in [2.05, 4.69) is 15.2 Å². The summed E-state index contributed by atoms with van der Waals surface area (Å²) in [5.74, 6) is -1.74. The zero-order chi connectivity index (χ0) is 22.2. The van der Waals surface area contributed by atoms with Crippen LogP contribution in [0, 0.1) is 11.6 Å². The number of aliphatic hydroxyl groups is 1. The summed E-state index contributed by atoms with van der Waals surface area (Å²) in [6.07, 6.45) is 3.83. The van der Waals surface area contributed by atoms with Crippen molar-refractivity contribution >= 4 is 0 Å². The van der Waals surface area contributed by atoms with Crippen LogP contribution in [-0.2, 0) is 12.1 Å². The fourth-order valence-electron chi connectivity index (χ4n) is 3.42. The van der Waals surface area contributed by atoms with Crippen molar-refractivity contribution in [3.8, 4) is 11.4 Å². The van der Waals surface area contributed by atoms with Crippen LogP contribution in [-0.4, -0.2) is 39.3 Å². The van der Waals surface area contributed by atoms with E-state index in [9.17, 15) is 23.8 Å². The number of rotatable bonds is 6. The van der Waals surface area contributed by atoms with Gasteiger partial charge < -0.3 is 10.2 Å². The molecular weight excluding hydrogens is 410 g/mol. The van der Waals surface area contributed by atoms with Crippen molar-refractivity contribution in [2.24, 2.45) is 0 Å². The summed E-state index contributed by atoms with van der Waals surface area (Å²) in [7, 11) is 0. The van der Waals surface area contributed by atoms with Crippen LogP contribution in [0.5, 0.6) is 5.75 Å². The Labute approximate surface area is 174 Å². The van der Waals surface area contributed by atoms with Gasteiger partial charge in [0.2, 0.25) is 0 Å². The number of nitrogens with zero attached hydrogens (tertiary/aromatic N) is 6. The van der Waals surface area contributed by atoms with Crippen molar-refractivity contribution in [2.75, 3.05) is 0 Å². The molecule has 0 aliphatic heterocycles. The van der Waals surface area contributed by atoms with Gasteiger partial charge in [0.15, 0.2) is 0 Å². The molecular formula is C20H18F2N6O3. The molecule has 9 nitrogen and oxygen atoms in total. The molecule has 0 bridgehead atoms. The number of hydrogen-bond donors (Lipinski definition) is 2. The highest BCUT2D eigenvalue weighted by Crippen LogP contribution is 2.35. The smallest absolute Gasteiger partial charge is 0.350 e. The van der Waals surface area contributed by atoms with Gasteiger partial charge in [0, 0.05) is 11.6 Å². The molecule has 2 N–H and O–H groups in total. The molecule has 160 valence electrons. The molecule has 11 heteroatoms. The van der Waals surface area contributed by atoms with E-state index in [4.69, 9.17) is 0 Å². The van der Waals surface area contributed by atoms with E-state index in [1.165, 1.54) is 59.4 Å². The van der Waals surface area contributed by atoms with Crippen LogP contribution in [0.2, 0.25) is 0 Å². The second-order valence-corrected chi connectivity index (χ2v) is 7.06. The normalized spacial score (nSPS) is 14.3. The summed E-state index contributed by atoms with van der Waals surface area (Å²) >= 11 is 0. The second-order valence-electron chi connectivity index (χ2n) is 7.06. The number of halogens is 2. The predicted molar refractivity (Wildman–Crippen MR) is 104 cm³/mol. The molecule has 0 aliphatic carbocycles. The van der Waals surface area contributed by atoms with Gasteiger partial charge >= 0.3 is 5.69 Å². The summed E-state index contributed by atoms with van der Waals surface area (Å²) in [6.45, 7) is 1.23. The molecule has 0 aliphatic rings. The van der Waals surface area contributed by atoms with Gasteiger partial charge in [-0.2, -0.15) is 10.2 Å². The number of hydrogen-bond acceptors (Lipinski definition) is 6. The Morgan fingerprint density at radius 2 is 1.84 bits per heavy atom. The minimum absolute atomic E-state index is 0.0338. The highest BCUT2D eigenvalue weighted by molar-refractivity contribution is 5.36. The molecule has 4 aromatic rings. The number of aromatic hydroxyl groups is 1. The predicted octanol–water partition coefficient (Wildman–Crippen LogP) is 1.76. The first kappa shape index (κ1) is 20.4. The van der Waals surface area contributed by atoms with Gasteiger partial charge in [0.25, 0.3) is 0 Å². The van der Waals surface area contributed by atoms with E-state index < -0.39 is 29.0 Å². The average molecular weight is 428 g/mol. The Morgan fingerprint density at radius 1 is 1.10 bits per heavy atom. The quantitative estimate of drug-likeness (QED) is 0.484. The molecule has 0 saturated carbocycles. The number of phenols is 1. The van der Waals surface area contributed by atoms with Gasteiger partial charge in [-0.15, -0.1) is 0 Å². The highest BCUT2D eigenvalue weighted by atomic mass is 19.1. The zero-order valence-electron chi connectivity index (χ0n) is 16.3. The molecule has 2 aromatic heterocycles. The maximum Gasteiger partial charge on any atom is 0.350 e. The van der Waals surface area contributed by atoms with E-state index >= 15 is 0 Å². The van der Waals surface area contributed by atoms with E-state index in [0.29, 0.717) is 11.8 Å². The fraction of sp³-hybridized carbons (Fsp3) is 0.200. The Morgan fingerprint density at radius 3 is 2.48 bits per heavy atom. The first-order valence-electron chi connectivity index (χ1n) is 9.25. The molecule has 2 unspecified atom stereocenters. The van der Waals surface area contributed by atoms with Crippen LogP contribution in [0.4, 0.5) is 8.78 Å². The number of aromatic nitrogens is 6. The van der Waals surface area contributed by atoms with Crippen LogP contribution >= 0.6 is 0 Å². The summed E-state index contributed by atoms with van der Waals surface area (Å²) in [5.41, 5.74) is -2.40. The number of benzene rings is 2. The average Bonchev–Trinajstić information content (AvgIpc) is 3.37. The molecule has 2 atom stereocenters. The van der Waals surface area contributed by atoms with E-state index in [1.54, 1.807) is 0 Å². The standard InChI is InChI=1S/C20H18F2N6O3/c1-13(28-19(30)27(12-25-28)15-3-5-16(29)6-4-15)20(31,9-26-11-23-10-24-26)17-7-2-14(21)8-18(17)22/h2-8,10-13,29,31H,9H2,1H3. The van der Waals surface area contributed by atoms with Crippen molar-refractivity contribution in [1.82, 2.24) is 29.1 Å². The molecule has 4 rings (SSSR count). The van der Waals surface area contributed by atoms with Crippen LogP contribution in [0.25, 0.3) is 5.69 Å². The SMILES string of the molecule is CC(n1ncn(-c2ccc(O)cc2)c1=O)C(O)(Cn1cncn1)c1ccc(F)cc1F. The van der Waals surface area contributed by atoms with Gasteiger partial charge in [-0.05, 0) is 37.3 Å². The maximum absolute atomic E-state index is 14.7. The molecule has 0 amide bonds. The fourth-order valence-corrected chi connectivity index (χ4v) is 3.42. The van der Waals surface area contributed by atoms with Crippen LogP contribution < -0.4 is 5.69 Å². The highest BCUT2D eigenvalue weighted by Gasteiger charge is 2.41. The van der Waals surface area contributed by atoms with Crippen molar-refractivity contribution in [2.45, 2.75) is 25.1 Å². The van der Waals surface area contributed by atoms with Crippen LogP contribution in [0.15, 0.2) is 66.2 Å². The largest absolute Gasteiger partial charge is 0.508 e. The maximum atomic E-state index is 14.7. The van der Waals surface area contributed by atoms with E-state index in [-0.39, 0.29) is 17.9 Å². The van der Waals surface area contributed by atoms with Gasteiger partial charge in [-0.3, -0.25) is 0 Å². The second kappa shape index (κ2) is 7.76. The van der Waals surface area contributed by atoms with Crippen molar-refractivity contribution < 1.29 is 19.0 Å². The first-order chi connectivity index (χ1) is 14.8. The minimum atomic E-state index is -2.02. The minimum Gasteiger partial charge on any atom is -0.508 e. The Bertz CT molecular complexity index is 1250. The third-order valence-corrected chi connectivity index (χ3v) is 5.15. The Balaban J connectivity index is 1.80. The topological polar surface area (TPSA) is 111 Å². The molecule has 2 heterocycles. The van der Waals surface area contributed by atoms with Crippen LogP contribution in [0.3, 0.4) is 0 Å². The van der Waals surface area contributed by atoms with Gasteiger partial charge in [-0.25, -0.2) is 32.5 Å².